The SMILES string of the molecule is O=C1NC(=O)C(c2ccccc2Cl)(c2ccccc2Cl)N1. The molecule has 0 unspecified atom stereocenters. The molecule has 1 heterocycles. The Balaban J connectivity index is 2.33. The summed E-state index contributed by atoms with van der Waals surface area (Å²) in [6.07, 6.45) is 0. The Bertz CT molecular complexity index is 700. The van der Waals surface area contributed by atoms with Gasteiger partial charge < -0.3 is 5.32 Å². The topological polar surface area (TPSA) is 58.2 Å². The highest BCUT2D eigenvalue weighted by atomic mass is 35.5. The van der Waals surface area contributed by atoms with E-state index in [1.54, 1.807) is 48.5 Å². The minimum Gasteiger partial charge on any atom is -0.316 e. The van der Waals surface area contributed by atoms with Crippen molar-refractivity contribution in [1.29, 1.82) is 0 Å². The highest BCUT2D eigenvalue weighted by Gasteiger charge is 2.51. The van der Waals surface area contributed by atoms with Gasteiger partial charge in [0.2, 0.25) is 0 Å². The number of carbonyl (C=O) groups excluding carboxylic acids is 2. The summed E-state index contributed by atoms with van der Waals surface area (Å²) in [5, 5.41) is 5.66. The Kier molecular flexibility index (Phi) is 3.35. The number of amides is 3. The maximum absolute atomic E-state index is 12.5. The van der Waals surface area contributed by atoms with Gasteiger partial charge in [-0.15, -0.1) is 0 Å². The van der Waals surface area contributed by atoms with Gasteiger partial charge in [0.25, 0.3) is 5.91 Å². The summed E-state index contributed by atoms with van der Waals surface area (Å²) in [6, 6.07) is 13.1. The van der Waals surface area contributed by atoms with E-state index in [4.69, 9.17) is 23.2 Å². The zero-order valence-electron chi connectivity index (χ0n) is 10.7. The normalized spacial score (nSPS) is 16.5. The molecule has 4 nitrogen and oxygen atoms in total. The van der Waals surface area contributed by atoms with Crippen molar-refractivity contribution in [2.24, 2.45) is 0 Å². The molecule has 21 heavy (non-hydrogen) atoms. The first-order valence-electron chi connectivity index (χ1n) is 6.19. The molecule has 0 atom stereocenters. The molecule has 1 aliphatic rings. The molecule has 106 valence electrons. The average Bonchev–Trinajstić information content (AvgIpc) is 2.75. The van der Waals surface area contributed by atoms with Crippen LogP contribution in [0.1, 0.15) is 11.1 Å². The van der Waals surface area contributed by atoms with Gasteiger partial charge in [0, 0.05) is 21.2 Å². The molecule has 1 saturated heterocycles. The van der Waals surface area contributed by atoms with Crippen molar-refractivity contribution >= 4 is 35.1 Å². The van der Waals surface area contributed by atoms with Crippen molar-refractivity contribution in [1.82, 2.24) is 10.6 Å². The third-order valence-electron chi connectivity index (χ3n) is 3.42. The highest BCUT2D eigenvalue weighted by molar-refractivity contribution is 6.33. The molecule has 0 spiro atoms. The summed E-state index contributed by atoms with van der Waals surface area (Å²) in [4.78, 5) is 24.2. The lowest BCUT2D eigenvalue weighted by molar-refractivity contribution is -0.122. The molecular weight excluding hydrogens is 311 g/mol. The minimum absolute atomic E-state index is 0.370. The van der Waals surface area contributed by atoms with Crippen LogP contribution in [0.4, 0.5) is 4.79 Å². The fourth-order valence-electron chi connectivity index (χ4n) is 2.51. The first-order chi connectivity index (χ1) is 10.1. The molecule has 2 aromatic carbocycles. The van der Waals surface area contributed by atoms with Gasteiger partial charge in [-0.3, -0.25) is 10.1 Å². The van der Waals surface area contributed by atoms with Crippen LogP contribution >= 0.6 is 23.2 Å². The quantitative estimate of drug-likeness (QED) is 0.835. The van der Waals surface area contributed by atoms with Gasteiger partial charge in [-0.1, -0.05) is 59.6 Å². The number of hydrogen-bond acceptors (Lipinski definition) is 2. The molecule has 0 aromatic heterocycles. The van der Waals surface area contributed by atoms with Crippen molar-refractivity contribution in [3.8, 4) is 0 Å². The van der Waals surface area contributed by atoms with Gasteiger partial charge >= 0.3 is 6.03 Å². The molecular formula is C15H10Cl2N2O2. The number of urea groups is 1. The number of benzene rings is 2. The Morgan fingerprint density at radius 2 is 1.29 bits per heavy atom. The van der Waals surface area contributed by atoms with E-state index < -0.39 is 17.5 Å². The smallest absolute Gasteiger partial charge is 0.316 e. The Labute approximate surface area is 131 Å². The van der Waals surface area contributed by atoms with Crippen LogP contribution in [-0.4, -0.2) is 11.9 Å². The highest BCUT2D eigenvalue weighted by Crippen LogP contribution is 2.39. The largest absolute Gasteiger partial charge is 0.322 e. The number of rotatable bonds is 2. The molecule has 0 bridgehead atoms. The van der Waals surface area contributed by atoms with Gasteiger partial charge in [0.05, 0.1) is 0 Å². The van der Waals surface area contributed by atoms with Crippen LogP contribution in [0.2, 0.25) is 10.0 Å². The van der Waals surface area contributed by atoms with E-state index in [0.717, 1.165) is 0 Å². The second-order valence-corrected chi connectivity index (χ2v) is 5.43. The van der Waals surface area contributed by atoms with E-state index in [1.165, 1.54) is 0 Å². The number of halogens is 2. The summed E-state index contributed by atoms with van der Waals surface area (Å²) >= 11 is 12.5. The van der Waals surface area contributed by atoms with Crippen LogP contribution in [0.15, 0.2) is 48.5 Å². The zero-order chi connectivity index (χ0) is 15.0. The molecule has 3 amide bonds. The summed E-state index contributed by atoms with van der Waals surface area (Å²) in [5.41, 5.74) is -0.473. The fraction of sp³-hybridized carbons (Fsp3) is 0.0667. The van der Waals surface area contributed by atoms with E-state index >= 15 is 0 Å². The number of hydrogen-bond donors (Lipinski definition) is 2. The predicted molar refractivity (Wildman–Crippen MR) is 80.4 cm³/mol. The first-order valence-corrected chi connectivity index (χ1v) is 6.95. The lowest BCUT2D eigenvalue weighted by Gasteiger charge is -2.28. The monoisotopic (exact) mass is 320 g/mol. The maximum atomic E-state index is 12.5. The van der Waals surface area contributed by atoms with Crippen LogP contribution in [0.5, 0.6) is 0 Å². The van der Waals surface area contributed by atoms with Crippen LogP contribution in [-0.2, 0) is 10.3 Å². The Morgan fingerprint density at radius 3 is 1.67 bits per heavy atom. The van der Waals surface area contributed by atoms with Gasteiger partial charge in [-0.25, -0.2) is 4.79 Å². The van der Waals surface area contributed by atoms with E-state index in [9.17, 15) is 9.59 Å². The van der Waals surface area contributed by atoms with Gasteiger partial charge in [-0.05, 0) is 12.1 Å². The third kappa shape index (κ3) is 2.07. The van der Waals surface area contributed by atoms with Crippen molar-refractivity contribution in [2.45, 2.75) is 5.54 Å². The Morgan fingerprint density at radius 1 is 0.810 bits per heavy atom. The summed E-state index contributed by atoms with van der Waals surface area (Å²) < 4.78 is 0. The molecule has 6 heteroatoms. The van der Waals surface area contributed by atoms with E-state index in [2.05, 4.69) is 10.6 Å². The average molecular weight is 321 g/mol. The molecule has 0 saturated carbocycles. The van der Waals surface area contributed by atoms with Gasteiger partial charge in [0.1, 0.15) is 0 Å². The van der Waals surface area contributed by atoms with Crippen LogP contribution in [0, 0.1) is 0 Å². The number of imide groups is 1. The molecule has 1 fully saturated rings. The number of nitrogens with one attached hydrogen (secondary N) is 2. The van der Waals surface area contributed by atoms with E-state index in [1.807, 2.05) is 0 Å². The molecule has 3 rings (SSSR count). The second-order valence-electron chi connectivity index (χ2n) is 4.62. The van der Waals surface area contributed by atoms with Crippen LogP contribution < -0.4 is 10.6 Å². The maximum Gasteiger partial charge on any atom is 0.322 e. The molecule has 0 aliphatic carbocycles. The number of carbonyl (C=O) groups is 2. The zero-order valence-corrected chi connectivity index (χ0v) is 12.2. The van der Waals surface area contributed by atoms with E-state index in [-0.39, 0.29) is 0 Å². The minimum atomic E-state index is -1.42. The predicted octanol–water partition coefficient (Wildman–Crippen LogP) is 3.08. The molecule has 0 radical (unpaired) electrons. The van der Waals surface area contributed by atoms with E-state index in [0.29, 0.717) is 21.2 Å². The molecule has 1 aliphatic heterocycles. The van der Waals surface area contributed by atoms with Crippen LogP contribution in [0.3, 0.4) is 0 Å². The van der Waals surface area contributed by atoms with Gasteiger partial charge in [-0.2, -0.15) is 0 Å². The Hall–Kier alpha value is -2.04. The van der Waals surface area contributed by atoms with Crippen molar-refractivity contribution in [3.05, 3.63) is 69.7 Å². The van der Waals surface area contributed by atoms with Crippen molar-refractivity contribution in [2.75, 3.05) is 0 Å². The molecule has 2 N–H and O–H groups in total. The molecule has 2 aromatic rings. The lowest BCUT2D eigenvalue weighted by atomic mass is 9.83. The summed E-state index contributed by atoms with van der Waals surface area (Å²) in [6.45, 7) is 0. The second kappa shape index (κ2) is 5.06. The summed E-state index contributed by atoms with van der Waals surface area (Å²) in [5.74, 6) is -0.506. The third-order valence-corrected chi connectivity index (χ3v) is 4.08. The standard InChI is InChI=1S/C15H10Cl2N2O2/c16-11-7-3-1-5-9(11)15(13(20)18-14(21)19-15)10-6-2-4-8-12(10)17/h1-8H,(H2,18,19,20,21). The summed E-state index contributed by atoms with van der Waals surface area (Å²) in [7, 11) is 0. The van der Waals surface area contributed by atoms with Gasteiger partial charge in [0.15, 0.2) is 5.54 Å². The van der Waals surface area contributed by atoms with Crippen molar-refractivity contribution < 1.29 is 9.59 Å². The lowest BCUT2D eigenvalue weighted by Crippen LogP contribution is -2.45. The fourth-order valence-corrected chi connectivity index (χ4v) is 3.07. The first kappa shape index (κ1) is 13.9. The van der Waals surface area contributed by atoms with Crippen molar-refractivity contribution in [3.63, 3.8) is 0 Å². The van der Waals surface area contributed by atoms with Crippen LogP contribution in [0.25, 0.3) is 0 Å².